The van der Waals surface area contributed by atoms with Gasteiger partial charge in [-0.1, -0.05) is 30.3 Å². The van der Waals surface area contributed by atoms with E-state index in [9.17, 15) is 9.50 Å². The van der Waals surface area contributed by atoms with E-state index in [1.165, 1.54) is 17.1 Å². The lowest BCUT2D eigenvalue weighted by Gasteiger charge is -2.27. The number of nitrogen functional groups attached to an aromatic ring is 1. The monoisotopic (exact) mass is 400 g/mol. The van der Waals surface area contributed by atoms with Gasteiger partial charge in [-0.2, -0.15) is 0 Å². The number of aliphatic hydroxyl groups is 1. The molecule has 152 valence electrons. The highest BCUT2D eigenvalue weighted by atomic mass is 19.1. The van der Waals surface area contributed by atoms with Gasteiger partial charge in [0.15, 0.2) is 23.5 Å². The Hall–Kier alpha value is -2.59. The summed E-state index contributed by atoms with van der Waals surface area (Å²) in [6, 6.07) is 9.18. The number of hydrogen-bond donors (Lipinski definition) is 2. The number of nitrogens with zero attached hydrogens (tertiary/aromatic N) is 3. The van der Waals surface area contributed by atoms with Crippen LogP contribution in [0.3, 0.4) is 0 Å². The van der Waals surface area contributed by atoms with Gasteiger partial charge in [-0.25, -0.2) is 14.4 Å². The number of nitrogens with two attached hydrogens (primary N) is 1. The Bertz CT molecular complexity index is 1060. The Morgan fingerprint density at radius 3 is 2.66 bits per heavy atom. The van der Waals surface area contributed by atoms with Crippen molar-refractivity contribution in [3.05, 3.63) is 54.2 Å². The van der Waals surface area contributed by atoms with Crippen LogP contribution in [0.15, 0.2) is 42.9 Å². The standard InChI is InChI=1S/C20H21FN4O4/c1-20(2)28-15-14(13(26)10-6-4-3-5-7-10)27-19(16(15)29-20)25-8-11(21)12-17(22)23-9-24-18(12)25/h3-9,13-16,19,26H,1-2H3,(H2,22,23,24)/t13-,14-,15-,16-,19?/m1/s1. The van der Waals surface area contributed by atoms with Gasteiger partial charge in [0, 0.05) is 6.20 Å². The van der Waals surface area contributed by atoms with Crippen LogP contribution in [0.5, 0.6) is 0 Å². The molecule has 2 aromatic heterocycles. The first-order valence-corrected chi connectivity index (χ1v) is 9.36. The van der Waals surface area contributed by atoms with E-state index in [1.807, 2.05) is 30.3 Å². The molecule has 4 heterocycles. The van der Waals surface area contributed by atoms with Crippen molar-refractivity contribution in [2.45, 2.75) is 50.3 Å². The van der Waals surface area contributed by atoms with E-state index in [0.29, 0.717) is 11.2 Å². The number of aliphatic hydroxyl groups excluding tert-OH is 1. The smallest absolute Gasteiger partial charge is 0.165 e. The molecule has 0 saturated carbocycles. The number of hydrogen-bond acceptors (Lipinski definition) is 7. The van der Waals surface area contributed by atoms with E-state index >= 15 is 0 Å². The zero-order chi connectivity index (χ0) is 20.3. The van der Waals surface area contributed by atoms with Gasteiger partial charge >= 0.3 is 0 Å². The van der Waals surface area contributed by atoms with Gasteiger partial charge in [0.1, 0.15) is 36.6 Å². The molecule has 8 nitrogen and oxygen atoms in total. The molecule has 1 unspecified atom stereocenters. The summed E-state index contributed by atoms with van der Waals surface area (Å²) in [5.41, 5.74) is 6.82. The third kappa shape index (κ3) is 2.89. The van der Waals surface area contributed by atoms with Gasteiger partial charge in [0.05, 0.1) is 5.39 Å². The molecule has 0 bridgehead atoms. The van der Waals surface area contributed by atoms with E-state index < -0.39 is 42.2 Å². The van der Waals surface area contributed by atoms with E-state index in [1.54, 1.807) is 13.8 Å². The van der Waals surface area contributed by atoms with Crippen LogP contribution in [0.1, 0.15) is 31.7 Å². The van der Waals surface area contributed by atoms with Crippen LogP contribution in [-0.4, -0.2) is 43.7 Å². The number of halogens is 1. The van der Waals surface area contributed by atoms with Gasteiger partial charge in [0.25, 0.3) is 0 Å². The molecular weight excluding hydrogens is 379 g/mol. The number of benzene rings is 1. The van der Waals surface area contributed by atoms with E-state index in [2.05, 4.69) is 9.97 Å². The van der Waals surface area contributed by atoms with Crippen molar-refractivity contribution < 1.29 is 23.7 Å². The molecule has 5 rings (SSSR count). The summed E-state index contributed by atoms with van der Waals surface area (Å²) < 4.78 is 34.4. The summed E-state index contributed by atoms with van der Waals surface area (Å²) in [4.78, 5) is 8.04. The first-order chi connectivity index (χ1) is 13.9. The molecule has 3 N–H and O–H groups in total. The average molecular weight is 400 g/mol. The molecule has 29 heavy (non-hydrogen) atoms. The Labute approximate surface area is 166 Å². The van der Waals surface area contributed by atoms with Crippen LogP contribution in [0.4, 0.5) is 10.2 Å². The molecule has 9 heteroatoms. The maximum atomic E-state index is 14.6. The van der Waals surface area contributed by atoms with E-state index in [4.69, 9.17) is 19.9 Å². The number of ether oxygens (including phenoxy) is 3. The van der Waals surface area contributed by atoms with Gasteiger partial charge < -0.3 is 29.6 Å². The van der Waals surface area contributed by atoms with E-state index in [-0.39, 0.29) is 11.2 Å². The SMILES string of the molecule is CC1(C)O[C@@H]2[C@@H]([C@H](O)c3ccccc3)OC(n3cc(F)c4c(N)ncnc43)[C@@H]2O1. The fraction of sp³-hybridized carbons (Fsp3) is 0.400. The second kappa shape index (κ2) is 6.46. The third-order valence-corrected chi connectivity index (χ3v) is 5.38. The number of rotatable bonds is 3. The van der Waals surface area contributed by atoms with Crippen molar-refractivity contribution in [3.63, 3.8) is 0 Å². The molecule has 1 aromatic carbocycles. The Morgan fingerprint density at radius 2 is 1.90 bits per heavy atom. The minimum absolute atomic E-state index is 0.0468. The molecule has 3 aromatic rings. The van der Waals surface area contributed by atoms with Crippen molar-refractivity contribution in [2.75, 3.05) is 5.73 Å². The van der Waals surface area contributed by atoms with Crippen LogP contribution < -0.4 is 5.73 Å². The lowest BCUT2D eigenvalue weighted by molar-refractivity contribution is -0.207. The largest absolute Gasteiger partial charge is 0.386 e. The van der Waals surface area contributed by atoms with Crippen LogP contribution in [0.25, 0.3) is 11.0 Å². The van der Waals surface area contributed by atoms with Gasteiger partial charge in [-0.3, -0.25) is 0 Å². The quantitative estimate of drug-likeness (QED) is 0.695. The summed E-state index contributed by atoms with van der Waals surface area (Å²) in [6.45, 7) is 3.59. The minimum atomic E-state index is -0.947. The maximum absolute atomic E-state index is 14.6. The zero-order valence-electron chi connectivity index (χ0n) is 15.9. The van der Waals surface area contributed by atoms with Crippen LogP contribution in [-0.2, 0) is 14.2 Å². The fourth-order valence-electron chi connectivity index (χ4n) is 4.18. The van der Waals surface area contributed by atoms with Gasteiger partial charge in [-0.15, -0.1) is 0 Å². The van der Waals surface area contributed by atoms with Crippen molar-refractivity contribution in [1.82, 2.24) is 14.5 Å². The van der Waals surface area contributed by atoms with Crippen LogP contribution in [0, 0.1) is 5.82 Å². The Balaban J connectivity index is 1.57. The van der Waals surface area contributed by atoms with Gasteiger partial charge in [0.2, 0.25) is 0 Å². The fourth-order valence-corrected chi connectivity index (χ4v) is 4.18. The Morgan fingerprint density at radius 1 is 1.17 bits per heavy atom. The van der Waals surface area contributed by atoms with Crippen molar-refractivity contribution in [1.29, 1.82) is 0 Å². The summed E-state index contributed by atoms with van der Waals surface area (Å²) >= 11 is 0. The summed E-state index contributed by atoms with van der Waals surface area (Å²) in [7, 11) is 0. The molecule has 2 aliphatic heterocycles. The number of fused-ring (bicyclic) bond motifs is 2. The lowest BCUT2D eigenvalue weighted by Crippen LogP contribution is -2.34. The molecule has 2 aliphatic rings. The normalized spacial score (nSPS) is 29.2. The van der Waals surface area contributed by atoms with Crippen LogP contribution >= 0.6 is 0 Å². The second-order valence-corrected chi connectivity index (χ2v) is 7.75. The van der Waals surface area contributed by atoms with Gasteiger partial charge in [-0.05, 0) is 19.4 Å². The number of aromatic nitrogens is 3. The average Bonchev–Trinajstić information content (AvgIpc) is 3.31. The first-order valence-electron chi connectivity index (χ1n) is 9.36. The maximum Gasteiger partial charge on any atom is 0.165 e. The summed E-state index contributed by atoms with van der Waals surface area (Å²) in [6.07, 6.45) is -1.00. The molecule has 5 atom stereocenters. The van der Waals surface area contributed by atoms with Crippen molar-refractivity contribution >= 4 is 16.9 Å². The highest BCUT2D eigenvalue weighted by Crippen LogP contribution is 2.47. The Kier molecular flexibility index (Phi) is 4.11. The van der Waals surface area contributed by atoms with Crippen LogP contribution in [0.2, 0.25) is 0 Å². The minimum Gasteiger partial charge on any atom is -0.386 e. The summed E-state index contributed by atoms with van der Waals surface area (Å²) in [5.74, 6) is -1.38. The lowest BCUT2D eigenvalue weighted by atomic mass is 9.99. The second-order valence-electron chi connectivity index (χ2n) is 7.75. The summed E-state index contributed by atoms with van der Waals surface area (Å²) in [5, 5.41) is 11.1. The predicted molar refractivity (Wildman–Crippen MR) is 101 cm³/mol. The predicted octanol–water partition coefficient (Wildman–Crippen LogP) is 2.30. The highest BCUT2D eigenvalue weighted by Gasteiger charge is 2.58. The van der Waals surface area contributed by atoms with E-state index in [0.717, 1.165) is 0 Å². The first kappa shape index (κ1) is 18.4. The molecule has 0 amide bonds. The molecular formula is C20H21FN4O4. The third-order valence-electron chi connectivity index (χ3n) is 5.38. The molecule has 2 fully saturated rings. The molecule has 0 aliphatic carbocycles. The van der Waals surface area contributed by atoms with Crippen molar-refractivity contribution in [2.24, 2.45) is 0 Å². The van der Waals surface area contributed by atoms with Crippen molar-refractivity contribution in [3.8, 4) is 0 Å². The molecule has 2 saturated heterocycles. The highest BCUT2D eigenvalue weighted by molar-refractivity contribution is 5.86. The molecule has 0 spiro atoms. The topological polar surface area (TPSA) is 105 Å². The number of anilines is 1. The zero-order valence-corrected chi connectivity index (χ0v) is 15.9. The molecule has 0 radical (unpaired) electrons.